The summed E-state index contributed by atoms with van der Waals surface area (Å²) in [5.41, 5.74) is 1.07. The number of carbonyl (C=O) groups excluding carboxylic acids is 1. The van der Waals surface area contributed by atoms with E-state index in [1.807, 2.05) is 32.0 Å². The summed E-state index contributed by atoms with van der Waals surface area (Å²) in [7, 11) is 0. The first-order valence-corrected chi connectivity index (χ1v) is 6.08. The summed E-state index contributed by atoms with van der Waals surface area (Å²) in [4.78, 5) is 11.2. The van der Waals surface area contributed by atoms with Crippen LogP contribution in [0.3, 0.4) is 0 Å². The number of carbonyl (C=O) groups is 1. The van der Waals surface area contributed by atoms with Crippen molar-refractivity contribution in [3.05, 3.63) is 28.2 Å². The third-order valence-electron chi connectivity index (χ3n) is 2.11. The molecule has 1 aromatic rings. The van der Waals surface area contributed by atoms with Gasteiger partial charge in [-0.25, -0.2) is 0 Å². The van der Waals surface area contributed by atoms with Crippen LogP contribution in [0.1, 0.15) is 18.9 Å². The molecule has 0 fully saturated rings. The number of halogens is 1. The molecular formula is C12H16BrNO2. The van der Waals surface area contributed by atoms with E-state index in [0.717, 1.165) is 15.8 Å². The zero-order valence-corrected chi connectivity index (χ0v) is 11.1. The van der Waals surface area contributed by atoms with Crippen molar-refractivity contribution >= 4 is 21.8 Å². The molecule has 0 spiro atoms. The maximum absolute atomic E-state index is 11.2. The summed E-state index contributed by atoms with van der Waals surface area (Å²) in [6.07, 6.45) is 0.389. The van der Waals surface area contributed by atoms with Gasteiger partial charge >= 0.3 is 0 Å². The Bertz CT molecular complexity index is 366. The normalized spacial score (nSPS) is 9.94. The van der Waals surface area contributed by atoms with Gasteiger partial charge in [-0.3, -0.25) is 4.79 Å². The van der Waals surface area contributed by atoms with Gasteiger partial charge in [-0.15, -0.1) is 0 Å². The van der Waals surface area contributed by atoms with Gasteiger partial charge in [0.25, 0.3) is 0 Å². The van der Waals surface area contributed by atoms with Gasteiger partial charge in [0, 0.05) is 11.0 Å². The summed E-state index contributed by atoms with van der Waals surface area (Å²) in [5, 5.41) is 2.73. The van der Waals surface area contributed by atoms with Crippen molar-refractivity contribution in [3.63, 3.8) is 0 Å². The summed E-state index contributed by atoms with van der Waals surface area (Å²) in [6, 6.07) is 5.85. The van der Waals surface area contributed by atoms with Gasteiger partial charge in [0.2, 0.25) is 5.91 Å². The molecular weight excluding hydrogens is 270 g/mol. The van der Waals surface area contributed by atoms with Crippen molar-refractivity contribution in [2.24, 2.45) is 0 Å². The molecule has 0 atom stereocenters. The Balaban J connectivity index is 2.42. The molecule has 88 valence electrons. The number of ether oxygens (including phenoxy) is 1. The Morgan fingerprint density at radius 1 is 1.50 bits per heavy atom. The minimum atomic E-state index is 0.0233. The highest BCUT2D eigenvalue weighted by Crippen LogP contribution is 2.22. The van der Waals surface area contributed by atoms with Gasteiger partial charge in [0.1, 0.15) is 5.75 Å². The van der Waals surface area contributed by atoms with Crippen molar-refractivity contribution in [2.75, 3.05) is 13.2 Å². The van der Waals surface area contributed by atoms with Gasteiger partial charge in [-0.1, -0.05) is 22.0 Å². The van der Waals surface area contributed by atoms with Crippen molar-refractivity contribution in [2.45, 2.75) is 20.3 Å². The number of rotatable bonds is 5. The monoisotopic (exact) mass is 285 g/mol. The van der Waals surface area contributed by atoms with Crippen LogP contribution in [0.5, 0.6) is 5.75 Å². The fourth-order valence-corrected chi connectivity index (χ4v) is 1.61. The van der Waals surface area contributed by atoms with E-state index in [0.29, 0.717) is 19.6 Å². The smallest absolute Gasteiger partial charge is 0.223 e. The molecule has 0 aliphatic heterocycles. The molecule has 0 heterocycles. The number of hydrogen-bond acceptors (Lipinski definition) is 2. The van der Waals surface area contributed by atoms with E-state index in [1.54, 1.807) is 0 Å². The standard InChI is InChI=1S/C12H16BrNO2/c1-3-14-12(15)6-7-16-11-8-10(13)5-4-9(11)2/h4-5,8H,3,6-7H2,1-2H3,(H,14,15). The summed E-state index contributed by atoms with van der Waals surface area (Å²) in [5.74, 6) is 0.842. The molecule has 1 N–H and O–H groups in total. The molecule has 0 saturated heterocycles. The summed E-state index contributed by atoms with van der Waals surface area (Å²) < 4.78 is 6.52. The number of aryl methyl sites for hydroxylation is 1. The average Bonchev–Trinajstić information content (AvgIpc) is 2.23. The maximum Gasteiger partial charge on any atom is 0.223 e. The van der Waals surface area contributed by atoms with Crippen LogP contribution in [0.4, 0.5) is 0 Å². The molecule has 0 aliphatic rings. The van der Waals surface area contributed by atoms with Crippen LogP contribution in [0.15, 0.2) is 22.7 Å². The van der Waals surface area contributed by atoms with Crippen LogP contribution >= 0.6 is 15.9 Å². The molecule has 0 saturated carbocycles. The van der Waals surface area contributed by atoms with Crippen LogP contribution in [0, 0.1) is 6.92 Å². The Labute approximate surface area is 104 Å². The van der Waals surface area contributed by atoms with Gasteiger partial charge in [0.15, 0.2) is 0 Å². The number of hydrogen-bond donors (Lipinski definition) is 1. The molecule has 0 unspecified atom stereocenters. The second kappa shape index (κ2) is 6.53. The van der Waals surface area contributed by atoms with Crippen LogP contribution in [0.2, 0.25) is 0 Å². The molecule has 0 aliphatic carbocycles. The molecule has 16 heavy (non-hydrogen) atoms. The third-order valence-corrected chi connectivity index (χ3v) is 2.60. The topological polar surface area (TPSA) is 38.3 Å². The zero-order chi connectivity index (χ0) is 12.0. The summed E-state index contributed by atoms with van der Waals surface area (Å²) in [6.45, 7) is 4.95. The van der Waals surface area contributed by atoms with Crippen molar-refractivity contribution in [1.82, 2.24) is 5.32 Å². The Morgan fingerprint density at radius 3 is 2.94 bits per heavy atom. The van der Waals surface area contributed by atoms with Crippen molar-refractivity contribution in [3.8, 4) is 5.75 Å². The summed E-state index contributed by atoms with van der Waals surface area (Å²) >= 11 is 3.38. The largest absolute Gasteiger partial charge is 0.493 e. The van der Waals surface area contributed by atoms with E-state index >= 15 is 0 Å². The molecule has 1 rings (SSSR count). The highest BCUT2D eigenvalue weighted by Gasteiger charge is 2.03. The van der Waals surface area contributed by atoms with Crippen molar-refractivity contribution in [1.29, 1.82) is 0 Å². The number of benzene rings is 1. The van der Waals surface area contributed by atoms with Crippen LogP contribution in [0.25, 0.3) is 0 Å². The van der Waals surface area contributed by atoms with Crippen molar-refractivity contribution < 1.29 is 9.53 Å². The molecule has 0 radical (unpaired) electrons. The lowest BCUT2D eigenvalue weighted by Gasteiger charge is -2.09. The Kier molecular flexibility index (Phi) is 5.32. The maximum atomic E-state index is 11.2. The highest BCUT2D eigenvalue weighted by atomic mass is 79.9. The molecule has 1 aromatic carbocycles. The van der Waals surface area contributed by atoms with Gasteiger partial charge in [-0.2, -0.15) is 0 Å². The quantitative estimate of drug-likeness (QED) is 0.903. The zero-order valence-electron chi connectivity index (χ0n) is 9.55. The second-order valence-electron chi connectivity index (χ2n) is 3.46. The van der Waals surface area contributed by atoms with Crippen LogP contribution in [-0.4, -0.2) is 19.1 Å². The third kappa shape index (κ3) is 4.23. The molecule has 4 heteroatoms. The van der Waals surface area contributed by atoms with E-state index in [2.05, 4.69) is 21.2 Å². The molecule has 0 aromatic heterocycles. The van der Waals surface area contributed by atoms with Gasteiger partial charge in [0.05, 0.1) is 13.0 Å². The lowest BCUT2D eigenvalue weighted by Crippen LogP contribution is -2.24. The first kappa shape index (κ1) is 13.0. The van der Waals surface area contributed by atoms with Gasteiger partial charge < -0.3 is 10.1 Å². The van der Waals surface area contributed by atoms with E-state index in [9.17, 15) is 4.79 Å². The minimum Gasteiger partial charge on any atom is -0.493 e. The van der Waals surface area contributed by atoms with E-state index in [-0.39, 0.29) is 5.91 Å². The van der Waals surface area contributed by atoms with Crippen LogP contribution in [-0.2, 0) is 4.79 Å². The first-order chi connectivity index (χ1) is 7.63. The predicted molar refractivity (Wildman–Crippen MR) is 67.7 cm³/mol. The van der Waals surface area contributed by atoms with Crippen LogP contribution < -0.4 is 10.1 Å². The highest BCUT2D eigenvalue weighted by molar-refractivity contribution is 9.10. The molecule has 1 amide bonds. The van der Waals surface area contributed by atoms with Gasteiger partial charge in [-0.05, 0) is 31.5 Å². The lowest BCUT2D eigenvalue weighted by atomic mass is 10.2. The SMILES string of the molecule is CCNC(=O)CCOc1cc(Br)ccc1C. The number of amides is 1. The minimum absolute atomic E-state index is 0.0233. The Morgan fingerprint density at radius 2 is 2.25 bits per heavy atom. The first-order valence-electron chi connectivity index (χ1n) is 5.29. The van der Waals surface area contributed by atoms with E-state index in [4.69, 9.17) is 4.74 Å². The fourth-order valence-electron chi connectivity index (χ4n) is 1.27. The van der Waals surface area contributed by atoms with E-state index < -0.39 is 0 Å². The predicted octanol–water partition coefficient (Wildman–Crippen LogP) is 2.66. The molecule has 0 bridgehead atoms. The molecule has 3 nitrogen and oxygen atoms in total. The lowest BCUT2D eigenvalue weighted by molar-refractivity contribution is -0.121. The van der Waals surface area contributed by atoms with E-state index in [1.165, 1.54) is 0 Å². The Hall–Kier alpha value is -1.03. The average molecular weight is 286 g/mol. The second-order valence-corrected chi connectivity index (χ2v) is 4.38. The fraction of sp³-hybridized carbons (Fsp3) is 0.417. The number of nitrogens with one attached hydrogen (secondary N) is 1.